The van der Waals surface area contributed by atoms with Gasteiger partial charge in [0.25, 0.3) is 0 Å². The van der Waals surface area contributed by atoms with Gasteiger partial charge in [-0.1, -0.05) is 18.2 Å². The van der Waals surface area contributed by atoms with Gasteiger partial charge in [-0.15, -0.1) is 0 Å². The molecule has 3 nitrogen and oxygen atoms in total. The molecule has 1 N–H and O–H groups in total. The maximum absolute atomic E-state index is 10.2. The van der Waals surface area contributed by atoms with E-state index in [4.69, 9.17) is 4.74 Å². The van der Waals surface area contributed by atoms with Gasteiger partial charge in [0.15, 0.2) is 0 Å². The molecule has 1 aliphatic rings. The van der Waals surface area contributed by atoms with Gasteiger partial charge < -0.3 is 9.84 Å². The van der Waals surface area contributed by atoms with E-state index < -0.39 is 6.10 Å². The van der Waals surface area contributed by atoms with E-state index in [0.717, 1.165) is 26.0 Å². The van der Waals surface area contributed by atoms with Crippen LogP contribution < -0.4 is 4.74 Å². The van der Waals surface area contributed by atoms with Crippen LogP contribution in [0, 0.1) is 0 Å². The van der Waals surface area contributed by atoms with Crippen molar-refractivity contribution in [1.82, 2.24) is 4.98 Å². The van der Waals surface area contributed by atoms with Crippen molar-refractivity contribution in [3.8, 4) is 5.75 Å². The lowest BCUT2D eigenvalue weighted by molar-refractivity contribution is 0.0633. The second-order valence-electron chi connectivity index (χ2n) is 4.42. The minimum Gasteiger partial charge on any atom is -0.484 e. The summed E-state index contributed by atoms with van der Waals surface area (Å²) in [5.74, 6) is 0.725. The summed E-state index contributed by atoms with van der Waals surface area (Å²) in [5, 5.41) is 10.2. The van der Waals surface area contributed by atoms with Crippen molar-refractivity contribution in [2.45, 2.75) is 18.6 Å². The van der Waals surface area contributed by atoms with Gasteiger partial charge in [0, 0.05) is 27.1 Å². The Bertz CT molecular complexity index is 618. The molecule has 0 saturated carbocycles. The first kappa shape index (κ1) is 13.1. The number of aliphatic hydroxyl groups excluding tert-OH is 1. The monoisotopic (exact) mass is 383 g/mol. The fraction of sp³-hybridized carbons (Fsp3) is 0.214. The maximum atomic E-state index is 10.2. The predicted octanol–water partition coefficient (Wildman–Crippen LogP) is 4.16. The molecule has 0 spiro atoms. The molecule has 5 heteroatoms. The summed E-state index contributed by atoms with van der Waals surface area (Å²) in [4.78, 5) is 4.38. The normalized spacial score (nSPS) is 21.6. The minimum atomic E-state index is -0.521. The molecule has 0 aliphatic carbocycles. The molecule has 98 valence electrons. The molecule has 2 aromatic rings. The molecule has 2 heterocycles. The van der Waals surface area contributed by atoms with E-state index in [-0.39, 0.29) is 6.10 Å². The maximum Gasteiger partial charge on any atom is 0.144 e. The molecule has 0 amide bonds. The molecule has 1 aliphatic heterocycles. The first-order chi connectivity index (χ1) is 9.15. The third-order valence-corrected chi connectivity index (χ3v) is 4.19. The van der Waals surface area contributed by atoms with Crippen molar-refractivity contribution in [3.63, 3.8) is 0 Å². The van der Waals surface area contributed by atoms with E-state index in [9.17, 15) is 5.11 Å². The van der Waals surface area contributed by atoms with Gasteiger partial charge in [-0.25, -0.2) is 0 Å². The summed E-state index contributed by atoms with van der Waals surface area (Å²) < 4.78 is 7.72. The van der Waals surface area contributed by atoms with Crippen LogP contribution in [0.15, 0.2) is 45.5 Å². The largest absolute Gasteiger partial charge is 0.484 e. The van der Waals surface area contributed by atoms with Gasteiger partial charge in [0.2, 0.25) is 0 Å². The highest BCUT2D eigenvalue weighted by Crippen LogP contribution is 2.41. The third-order valence-electron chi connectivity index (χ3n) is 3.13. The van der Waals surface area contributed by atoms with Crippen molar-refractivity contribution >= 4 is 31.9 Å². The van der Waals surface area contributed by atoms with Crippen LogP contribution in [0.1, 0.15) is 29.9 Å². The molecule has 3 rings (SSSR count). The van der Waals surface area contributed by atoms with Crippen LogP contribution in [0.3, 0.4) is 0 Å². The Labute approximate surface area is 127 Å². The highest BCUT2D eigenvalue weighted by Gasteiger charge is 2.29. The van der Waals surface area contributed by atoms with Crippen LogP contribution >= 0.6 is 31.9 Å². The number of fused-ring (bicyclic) bond motifs is 1. The highest BCUT2D eigenvalue weighted by atomic mass is 79.9. The number of rotatable bonds is 1. The lowest BCUT2D eigenvalue weighted by Crippen LogP contribution is -2.20. The number of para-hydroxylation sites is 1. The first-order valence-corrected chi connectivity index (χ1v) is 7.48. The molecule has 0 radical (unpaired) electrons. The number of benzene rings is 1. The van der Waals surface area contributed by atoms with Crippen molar-refractivity contribution in [2.24, 2.45) is 0 Å². The first-order valence-electron chi connectivity index (χ1n) is 5.90. The summed E-state index contributed by atoms with van der Waals surface area (Å²) in [6.07, 6.45) is 1.47. The minimum absolute atomic E-state index is 0.243. The number of aliphatic hydroxyl groups is 1. The molecule has 0 bridgehead atoms. The van der Waals surface area contributed by atoms with Crippen molar-refractivity contribution in [1.29, 1.82) is 0 Å². The van der Waals surface area contributed by atoms with E-state index in [0.29, 0.717) is 6.42 Å². The zero-order valence-corrected chi connectivity index (χ0v) is 13.1. The van der Waals surface area contributed by atoms with E-state index >= 15 is 0 Å². The van der Waals surface area contributed by atoms with E-state index in [2.05, 4.69) is 36.8 Å². The zero-order valence-electron chi connectivity index (χ0n) is 9.88. The number of nitrogens with zero attached hydrogens (tertiary/aromatic N) is 1. The summed E-state index contributed by atoms with van der Waals surface area (Å²) in [5.41, 5.74) is 1.64. The molecule has 1 aromatic heterocycles. The summed E-state index contributed by atoms with van der Waals surface area (Å²) in [7, 11) is 0. The van der Waals surface area contributed by atoms with Crippen LogP contribution in [0.5, 0.6) is 5.75 Å². The number of ether oxygens (including phenoxy) is 1. The molecule has 1 unspecified atom stereocenters. The highest BCUT2D eigenvalue weighted by molar-refractivity contribution is 9.11. The van der Waals surface area contributed by atoms with E-state index in [1.807, 2.05) is 30.3 Å². The van der Waals surface area contributed by atoms with E-state index in [1.165, 1.54) is 0 Å². The van der Waals surface area contributed by atoms with Gasteiger partial charge in [-0.2, -0.15) is 0 Å². The van der Waals surface area contributed by atoms with Gasteiger partial charge in [-0.05, 0) is 44.0 Å². The standard InChI is InChI=1S/C14H11Br2NO2/c15-8-5-10(16)14(17-7-8)13-6-11(18)9-3-1-2-4-12(9)19-13/h1-5,7,11,13,18H,6H2/t11-,13?/m0/s1. The lowest BCUT2D eigenvalue weighted by Gasteiger charge is -2.29. The topological polar surface area (TPSA) is 42.4 Å². The molecule has 2 atom stereocenters. The quantitative estimate of drug-likeness (QED) is 0.802. The number of aromatic nitrogens is 1. The van der Waals surface area contributed by atoms with E-state index in [1.54, 1.807) is 6.20 Å². The Balaban J connectivity index is 1.97. The second-order valence-corrected chi connectivity index (χ2v) is 6.19. The van der Waals surface area contributed by atoms with Crippen LogP contribution in [-0.4, -0.2) is 10.1 Å². The molecular formula is C14H11Br2NO2. The molecule has 0 saturated heterocycles. The fourth-order valence-corrected chi connectivity index (χ4v) is 3.47. The van der Waals surface area contributed by atoms with Gasteiger partial charge in [0.05, 0.1) is 11.8 Å². The van der Waals surface area contributed by atoms with Gasteiger partial charge in [-0.3, -0.25) is 4.98 Å². The smallest absolute Gasteiger partial charge is 0.144 e. The number of hydrogen-bond donors (Lipinski definition) is 1. The van der Waals surface area contributed by atoms with Gasteiger partial charge in [0.1, 0.15) is 11.9 Å². The summed E-state index contributed by atoms with van der Waals surface area (Å²) >= 11 is 6.86. The van der Waals surface area contributed by atoms with Crippen LogP contribution in [0.2, 0.25) is 0 Å². The zero-order chi connectivity index (χ0) is 13.4. The molecule has 0 fully saturated rings. The summed E-state index contributed by atoms with van der Waals surface area (Å²) in [6, 6.07) is 9.49. The Morgan fingerprint density at radius 1 is 1.26 bits per heavy atom. The number of pyridine rings is 1. The third kappa shape index (κ3) is 2.55. The molecular weight excluding hydrogens is 374 g/mol. The van der Waals surface area contributed by atoms with Crippen LogP contribution in [0.25, 0.3) is 0 Å². The lowest BCUT2D eigenvalue weighted by atomic mass is 9.97. The number of hydrogen-bond acceptors (Lipinski definition) is 3. The van der Waals surface area contributed by atoms with Crippen molar-refractivity contribution in [3.05, 3.63) is 56.7 Å². The predicted molar refractivity (Wildman–Crippen MR) is 79.0 cm³/mol. The van der Waals surface area contributed by atoms with Crippen LogP contribution in [0.4, 0.5) is 0 Å². The average molecular weight is 385 g/mol. The van der Waals surface area contributed by atoms with Crippen LogP contribution in [-0.2, 0) is 0 Å². The Hall–Kier alpha value is -0.910. The fourth-order valence-electron chi connectivity index (χ4n) is 2.22. The Morgan fingerprint density at radius 3 is 2.84 bits per heavy atom. The molecule has 19 heavy (non-hydrogen) atoms. The summed E-state index contributed by atoms with van der Waals surface area (Å²) in [6.45, 7) is 0. The van der Waals surface area contributed by atoms with Crippen molar-refractivity contribution < 1.29 is 9.84 Å². The SMILES string of the molecule is O[C@H]1CC(c2ncc(Br)cc2Br)Oc2ccccc21. The average Bonchev–Trinajstić information content (AvgIpc) is 2.38. The van der Waals surface area contributed by atoms with Gasteiger partial charge >= 0.3 is 0 Å². The Kier molecular flexibility index (Phi) is 3.60. The second kappa shape index (κ2) is 5.23. The molecule has 1 aromatic carbocycles. The van der Waals surface area contributed by atoms with Crippen molar-refractivity contribution in [2.75, 3.05) is 0 Å². The Morgan fingerprint density at radius 2 is 2.05 bits per heavy atom. The number of halogens is 2.